The van der Waals surface area contributed by atoms with E-state index in [1.54, 1.807) is 30.3 Å². The number of hydrogen-bond acceptors (Lipinski definition) is 3. The Balaban J connectivity index is 2.26. The number of aldehydes is 1. The van der Waals surface area contributed by atoms with Crippen LogP contribution in [0.4, 0.5) is 4.39 Å². The van der Waals surface area contributed by atoms with Gasteiger partial charge in [0, 0.05) is 11.6 Å². The number of ether oxygens (including phenoxy) is 1. The van der Waals surface area contributed by atoms with Gasteiger partial charge >= 0.3 is 0 Å². The largest absolute Gasteiger partial charge is 0.457 e. The van der Waals surface area contributed by atoms with Crippen molar-refractivity contribution < 1.29 is 13.9 Å². The van der Waals surface area contributed by atoms with Crippen molar-refractivity contribution in [2.45, 2.75) is 0 Å². The molecular formula is C14H8FNO2. The summed E-state index contributed by atoms with van der Waals surface area (Å²) in [5.41, 5.74) is 0.436. The van der Waals surface area contributed by atoms with Gasteiger partial charge in [-0.25, -0.2) is 4.39 Å². The maximum absolute atomic E-state index is 13.3. The fourth-order valence-electron chi connectivity index (χ4n) is 1.44. The van der Waals surface area contributed by atoms with E-state index in [1.807, 2.05) is 0 Å². The SMILES string of the molecule is N#Cc1ccc(Oc2cccc(C=O)c2)cc1F. The second kappa shape index (κ2) is 5.11. The molecule has 0 aromatic heterocycles. The van der Waals surface area contributed by atoms with E-state index in [-0.39, 0.29) is 11.3 Å². The number of hydrogen-bond donors (Lipinski definition) is 0. The van der Waals surface area contributed by atoms with Gasteiger partial charge in [0.1, 0.15) is 29.7 Å². The molecule has 0 N–H and O–H groups in total. The zero-order valence-corrected chi connectivity index (χ0v) is 9.26. The fourth-order valence-corrected chi connectivity index (χ4v) is 1.44. The number of rotatable bonds is 3. The molecule has 0 saturated heterocycles. The second-order valence-corrected chi connectivity index (χ2v) is 3.55. The maximum atomic E-state index is 13.3. The first kappa shape index (κ1) is 11.8. The summed E-state index contributed by atoms with van der Waals surface area (Å²) in [5, 5.41) is 8.60. The van der Waals surface area contributed by atoms with Gasteiger partial charge in [0.2, 0.25) is 0 Å². The standard InChI is InChI=1S/C14H8FNO2/c15-14-7-13(5-4-11(14)8-16)18-12-3-1-2-10(6-12)9-17/h1-7,9H. The summed E-state index contributed by atoms with van der Waals surface area (Å²) < 4.78 is 18.7. The summed E-state index contributed by atoms with van der Waals surface area (Å²) in [6.45, 7) is 0. The van der Waals surface area contributed by atoms with E-state index in [2.05, 4.69) is 0 Å². The van der Waals surface area contributed by atoms with Crippen molar-refractivity contribution in [1.82, 2.24) is 0 Å². The first-order valence-electron chi connectivity index (χ1n) is 5.15. The summed E-state index contributed by atoms with van der Waals surface area (Å²) in [4.78, 5) is 10.6. The van der Waals surface area contributed by atoms with Crippen molar-refractivity contribution in [2.75, 3.05) is 0 Å². The molecule has 18 heavy (non-hydrogen) atoms. The number of carbonyl (C=O) groups excluding carboxylic acids is 1. The molecule has 0 aliphatic rings. The lowest BCUT2D eigenvalue weighted by atomic mass is 10.2. The van der Waals surface area contributed by atoms with Gasteiger partial charge in [-0.1, -0.05) is 12.1 Å². The van der Waals surface area contributed by atoms with Crippen molar-refractivity contribution >= 4 is 6.29 Å². The maximum Gasteiger partial charge on any atom is 0.150 e. The summed E-state index contributed by atoms with van der Waals surface area (Å²) >= 11 is 0. The second-order valence-electron chi connectivity index (χ2n) is 3.55. The molecule has 0 radical (unpaired) electrons. The van der Waals surface area contributed by atoms with Crippen molar-refractivity contribution in [3.8, 4) is 17.6 Å². The highest BCUT2D eigenvalue weighted by atomic mass is 19.1. The molecule has 0 fully saturated rings. The molecule has 0 heterocycles. The third kappa shape index (κ3) is 2.53. The molecule has 0 saturated carbocycles. The smallest absolute Gasteiger partial charge is 0.150 e. The van der Waals surface area contributed by atoms with Gasteiger partial charge < -0.3 is 4.74 Å². The average molecular weight is 241 g/mol. The molecule has 0 unspecified atom stereocenters. The van der Waals surface area contributed by atoms with Gasteiger partial charge in [0.05, 0.1) is 5.56 Å². The molecule has 3 nitrogen and oxygen atoms in total. The Morgan fingerprint density at radius 1 is 1.17 bits per heavy atom. The molecule has 2 rings (SSSR count). The highest BCUT2D eigenvalue weighted by Gasteiger charge is 2.04. The van der Waals surface area contributed by atoms with E-state index in [0.29, 0.717) is 17.6 Å². The topological polar surface area (TPSA) is 50.1 Å². The predicted molar refractivity (Wildman–Crippen MR) is 63.0 cm³/mol. The Hall–Kier alpha value is -2.67. The Labute approximate surface area is 103 Å². The van der Waals surface area contributed by atoms with Crippen LogP contribution in [-0.2, 0) is 0 Å². The van der Waals surface area contributed by atoms with Crippen LogP contribution in [0.25, 0.3) is 0 Å². The minimum atomic E-state index is -0.637. The summed E-state index contributed by atoms with van der Waals surface area (Å²) in [6, 6.07) is 12.2. The molecule has 0 aliphatic carbocycles. The van der Waals surface area contributed by atoms with Crippen LogP contribution in [0, 0.1) is 17.1 Å². The van der Waals surface area contributed by atoms with Crippen LogP contribution in [0.5, 0.6) is 11.5 Å². The minimum Gasteiger partial charge on any atom is -0.457 e. The minimum absolute atomic E-state index is 0.0380. The fraction of sp³-hybridized carbons (Fsp3) is 0. The number of carbonyl (C=O) groups is 1. The monoisotopic (exact) mass is 241 g/mol. The normalized spacial score (nSPS) is 9.56. The Morgan fingerprint density at radius 3 is 2.61 bits per heavy atom. The lowest BCUT2D eigenvalue weighted by Gasteiger charge is -2.06. The first-order valence-corrected chi connectivity index (χ1v) is 5.15. The van der Waals surface area contributed by atoms with Crippen LogP contribution in [0.1, 0.15) is 15.9 Å². The zero-order valence-electron chi connectivity index (χ0n) is 9.26. The van der Waals surface area contributed by atoms with Gasteiger partial charge in [0.25, 0.3) is 0 Å². The average Bonchev–Trinajstić information content (AvgIpc) is 2.39. The summed E-state index contributed by atoms with van der Waals surface area (Å²) in [6.07, 6.45) is 0.701. The van der Waals surface area contributed by atoms with Gasteiger partial charge in [-0.05, 0) is 24.3 Å². The van der Waals surface area contributed by atoms with Gasteiger partial charge in [-0.2, -0.15) is 5.26 Å². The molecule has 2 aromatic carbocycles. The highest BCUT2D eigenvalue weighted by molar-refractivity contribution is 5.75. The van der Waals surface area contributed by atoms with Crippen molar-refractivity contribution in [3.63, 3.8) is 0 Å². The van der Waals surface area contributed by atoms with Gasteiger partial charge in [-0.3, -0.25) is 4.79 Å². The predicted octanol–water partition coefficient (Wildman–Crippen LogP) is 3.30. The lowest BCUT2D eigenvalue weighted by molar-refractivity contribution is 0.112. The van der Waals surface area contributed by atoms with Gasteiger partial charge in [0.15, 0.2) is 0 Å². The molecule has 0 spiro atoms. The van der Waals surface area contributed by atoms with Crippen molar-refractivity contribution in [2.24, 2.45) is 0 Å². The van der Waals surface area contributed by atoms with E-state index in [1.165, 1.54) is 12.1 Å². The quantitative estimate of drug-likeness (QED) is 0.774. The molecule has 0 bridgehead atoms. The van der Waals surface area contributed by atoms with Crippen LogP contribution in [0.2, 0.25) is 0 Å². The number of nitriles is 1. The molecule has 4 heteroatoms. The number of nitrogens with zero attached hydrogens (tertiary/aromatic N) is 1. The molecule has 0 aliphatic heterocycles. The van der Waals surface area contributed by atoms with E-state index in [0.717, 1.165) is 6.07 Å². The zero-order chi connectivity index (χ0) is 13.0. The molecular weight excluding hydrogens is 233 g/mol. The Kier molecular flexibility index (Phi) is 3.35. The van der Waals surface area contributed by atoms with E-state index in [9.17, 15) is 9.18 Å². The molecule has 0 amide bonds. The Morgan fingerprint density at radius 2 is 1.94 bits per heavy atom. The molecule has 2 aromatic rings. The van der Waals surface area contributed by atoms with Crippen LogP contribution < -0.4 is 4.74 Å². The first-order chi connectivity index (χ1) is 8.72. The number of halogens is 1. The lowest BCUT2D eigenvalue weighted by Crippen LogP contribution is -1.89. The Bertz CT molecular complexity index is 632. The molecule has 88 valence electrons. The number of benzene rings is 2. The van der Waals surface area contributed by atoms with Gasteiger partial charge in [-0.15, -0.1) is 0 Å². The van der Waals surface area contributed by atoms with E-state index < -0.39 is 5.82 Å². The van der Waals surface area contributed by atoms with Crippen molar-refractivity contribution in [3.05, 3.63) is 59.4 Å². The third-order valence-corrected chi connectivity index (χ3v) is 2.29. The van der Waals surface area contributed by atoms with E-state index >= 15 is 0 Å². The third-order valence-electron chi connectivity index (χ3n) is 2.29. The van der Waals surface area contributed by atoms with Crippen LogP contribution in [-0.4, -0.2) is 6.29 Å². The van der Waals surface area contributed by atoms with Crippen molar-refractivity contribution in [1.29, 1.82) is 5.26 Å². The van der Waals surface area contributed by atoms with Crippen LogP contribution in [0.15, 0.2) is 42.5 Å². The summed E-state index contributed by atoms with van der Waals surface area (Å²) in [5.74, 6) is 0.0693. The van der Waals surface area contributed by atoms with E-state index in [4.69, 9.17) is 10.00 Å². The van der Waals surface area contributed by atoms with Crippen LogP contribution in [0.3, 0.4) is 0 Å². The van der Waals surface area contributed by atoms with Crippen LogP contribution >= 0.6 is 0 Å². The molecule has 0 atom stereocenters. The summed E-state index contributed by atoms with van der Waals surface area (Å²) in [7, 11) is 0. The highest BCUT2D eigenvalue weighted by Crippen LogP contribution is 2.23.